The second-order valence-corrected chi connectivity index (χ2v) is 10.3. The van der Waals surface area contributed by atoms with Crippen LogP contribution in [-0.2, 0) is 0 Å². The second kappa shape index (κ2) is 12.8. The molecular weight excluding hydrogens is 488 g/mol. The van der Waals surface area contributed by atoms with E-state index in [1.807, 2.05) is 73.6 Å². The van der Waals surface area contributed by atoms with Gasteiger partial charge in [-0.05, 0) is 68.9 Å². The zero-order chi connectivity index (χ0) is 27.9. The summed E-state index contributed by atoms with van der Waals surface area (Å²) in [6.07, 6.45) is 3.76. The first-order valence-corrected chi connectivity index (χ1v) is 13.4. The van der Waals surface area contributed by atoms with Gasteiger partial charge in [-0.15, -0.1) is 0 Å². The molecule has 1 saturated heterocycles. The van der Waals surface area contributed by atoms with Crippen molar-refractivity contribution in [3.05, 3.63) is 77.6 Å². The fourth-order valence-electron chi connectivity index (χ4n) is 4.72. The summed E-state index contributed by atoms with van der Waals surface area (Å²) in [5, 5.41) is 3.33. The number of allylic oxidation sites excluding steroid dienone is 1. The van der Waals surface area contributed by atoms with E-state index in [-0.39, 0.29) is 5.91 Å². The fourth-order valence-corrected chi connectivity index (χ4v) is 4.72. The van der Waals surface area contributed by atoms with Crippen molar-refractivity contribution in [2.45, 2.75) is 13.8 Å². The van der Waals surface area contributed by atoms with E-state index in [1.165, 1.54) is 0 Å². The zero-order valence-corrected chi connectivity index (χ0v) is 23.7. The summed E-state index contributed by atoms with van der Waals surface area (Å²) >= 11 is 0. The van der Waals surface area contributed by atoms with Crippen molar-refractivity contribution in [1.82, 2.24) is 19.7 Å². The molecule has 1 amide bonds. The maximum absolute atomic E-state index is 13.4. The number of nitrogen functional groups attached to an aromatic ring is 1. The number of aromatic nitrogens is 1. The molecule has 1 aliphatic heterocycles. The lowest BCUT2D eigenvalue weighted by molar-refractivity contribution is 0.0631. The third-order valence-electron chi connectivity index (χ3n) is 7.18. The number of pyridine rings is 1. The Morgan fingerprint density at radius 1 is 1.08 bits per heavy atom. The molecule has 4 rings (SSSR count). The third kappa shape index (κ3) is 6.96. The van der Waals surface area contributed by atoms with E-state index in [0.29, 0.717) is 24.3 Å². The third-order valence-corrected chi connectivity index (χ3v) is 7.18. The number of carbonyl (C=O) groups excluding carboxylic acids is 1. The van der Waals surface area contributed by atoms with Crippen molar-refractivity contribution in [2.24, 2.45) is 0 Å². The number of nitrogens with two attached hydrogens (primary N) is 1. The van der Waals surface area contributed by atoms with Crippen molar-refractivity contribution in [1.29, 1.82) is 0 Å². The van der Waals surface area contributed by atoms with Gasteiger partial charge in [-0.1, -0.05) is 24.3 Å². The predicted molar refractivity (Wildman–Crippen MR) is 160 cm³/mol. The van der Waals surface area contributed by atoms with Crippen LogP contribution in [0.3, 0.4) is 0 Å². The number of carbonyl (C=O) groups is 1. The molecule has 0 unspecified atom stereocenters. The molecule has 0 bridgehead atoms. The number of aryl methyl sites for hydroxylation is 1. The lowest BCUT2D eigenvalue weighted by Gasteiger charge is -2.35. The average Bonchev–Trinajstić information content (AvgIpc) is 2.95. The molecule has 8 heteroatoms. The van der Waals surface area contributed by atoms with Gasteiger partial charge in [-0.3, -0.25) is 9.69 Å². The number of piperazine rings is 1. The van der Waals surface area contributed by atoms with Crippen LogP contribution >= 0.6 is 0 Å². The van der Waals surface area contributed by atoms with E-state index in [0.717, 1.165) is 65.6 Å². The van der Waals surface area contributed by atoms with Crippen LogP contribution in [0.1, 0.15) is 28.4 Å². The highest BCUT2D eigenvalue weighted by atomic mass is 16.5. The number of hydrogen-bond donors (Lipinski definition) is 2. The molecular formula is C31H40N6O2. The van der Waals surface area contributed by atoms with Crippen molar-refractivity contribution >= 4 is 23.0 Å². The number of benzene rings is 2. The van der Waals surface area contributed by atoms with E-state index >= 15 is 0 Å². The van der Waals surface area contributed by atoms with Gasteiger partial charge in [0.2, 0.25) is 0 Å². The minimum atomic E-state index is -0.0125. The maximum Gasteiger partial charge on any atom is 0.256 e. The molecule has 8 nitrogen and oxygen atoms in total. The van der Waals surface area contributed by atoms with Gasteiger partial charge in [0.15, 0.2) is 0 Å². The number of anilines is 2. The molecule has 0 atom stereocenters. The van der Waals surface area contributed by atoms with Gasteiger partial charge in [0.1, 0.15) is 11.6 Å². The predicted octanol–water partition coefficient (Wildman–Crippen LogP) is 4.44. The number of nitrogens with one attached hydrogen (secondary N) is 1. The van der Waals surface area contributed by atoms with Crippen LogP contribution < -0.4 is 15.8 Å². The number of nitrogens with zero attached hydrogens (tertiary/aromatic N) is 4. The molecule has 0 saturated carbocycles. The molecule has 0 aliphatic carbocycles. The zero-order valence-electron chi connectivity index (χ0n) is 23.7. The molecule has 3 aromatic rings. The fraction of sp³-hybridized carbons (Fsp3) is 0.355. The van der Waals surface area contributed by atoms with Crippen molar-refractivity contribution in [3.63, 3.8) is 0 Å². The van der Waals surface area contributed by atoms with Crippen LogP contribution in [0.25, 0.3) is 16.7 Å². The van der Waals surface area contributed by atoms with E-state index in [2.05, 4.69) is 40.3 Å². The van der Waals surface area contributed by atoms with Crippen LogP contribution in [0.4, 0.5) is 11.5 Å². The molecule has 206 valence electrons. The summed E-state index contributed by atoms with van der Waals surface area (Å²) in [5.74, 6) is 1.58. The number of amides is 1. The van der Waals surface area contributed by atoms with Crippen molar-refractivity contribution < 1.29 is 9.53 Å². The quantitative estimate of drug-likeness (QED) is 0.397. The van der Waals surface area contributed by atoms with Gasteiger partial charge < -0.3 is 25.6 Å². The van der Waals surface area contributed by atoms with Crippen LogP contribution in [-0.4, -0.2) is 86.1 Å². The number of likely N-dealkylation sites (N-methyl/N-ethyl adjacent to an activating group) is 1. The van der Waals surface area contributed by atoms with Gasteiger partial charge in [0.05, 0.1) is 12.7 Å². The number of ether oxygens (including phenoxy) is 1. The highest BCUT2D eigenvalue weighted by molar-refractivity contribution is 6.00. The Hall–Kier alpha value is -3.88. The minimum absolute atomic E-state index is 0.0125. The smallest absolute Gasteiger partial charge is 0.256 e. The molecule has 2 heterocycles. The van der Waals surface area contributed by atoms with E-state index in [4.69, 9.17) is 10.5 Å². The molecule has 39 heavy (non-hydrogen) atoms. The van der Waals surface area contributed by atoms with Crippen molar-refractivity contribution in [3.8, 4) is 16.9 Å². The summed E-state index contributed by atoms with van der Waals surface area (Å²) in [7, 11) is 5.84. The van der Waals surface area contributed by atoms with Gasteiger partial charge >= 0.3 is 0 Å². The Kier molecular flexibility index (Phi) is 9.22. The number of rotatable bonds is 9. The molecule has 2 aromatic carbocycles. The van der Waals surface area contributed by atoms with Crippen LogP contribution in [0, 0.1) is 6.92 Å². The topological polar surface area (TPSA) is 87.0 Å². The lowest BCUT2D eigenvalue weighted by atomic mass is 10.0. The largest absolute Gasteiger partial charge is 0.496 e. The Morgan fingerprint density at radius 2 is 1.82 bits per heavy atom. The summed E-state index contributed by atoms with van der Waals surface area (Å²) in [6.45, 7) is 9.25. The molecule has 1 aromatic heterocycles. The minimum Gasteiger partial charge on any atom is -0.496 e. The van der Waals surface area contributed by atoms with Crippen molar-refractivity contribution in [2.75, 3.05) is 71.5 Å². The van der Waals surface area contributed by atoms with Crippen LogP contribution in [0.2, 0.25) is 0 Å². The van der Waals surface area contributed by atoms with Crippen LogP contribution in [0.15, 0.2) is 60.9 Å². The molecule has 1 fully saturated rings. The first-order valence-electron chi connectivity index (χ1n) is 13.4. The second-order valence-electron chi connectivity index (χ2n) is 10.3. The number of methoxy groups -OCH3 is 1. The Balaban J connectivity index is 1.46. The monoisotopic (exact) mass is 528 g/mol. The van der Waals surface area contributed by atoms with Crippen LogP contribution in [0.5, 0.6) is 5.75 Å². The van der Waals surface area contributed by atoms with Gasteiger partial charge in [0.25, 0.3) is 5.91 Å². The Labute approximate surface area is 232 Å². The van der Waals surface area contributed by atoms with E-state index < -0.39 is 0 Å². The molecule has 1 aliphatic rings. The summed E-state index contributed by atoms with van der Waals surface area (Å²) in [5.41, 5.74) is 12.2. The van der Waals surface area contributed by atoms with Gasteiger partial charge in [0, 0.05) is 68.5 Å². The lowest BCUT2D eigenvalue weighted by Crippen LogP contribution is -2.50. The standard InChI is InChI=1S/C31H40N6O2/c1-22-18-25(21-34-30(22)33-20-23(2)26-8-6-7-9-29(26)39-5)24-10-11-28(32)27(19-24)31(38)37-16-14-36(15-17-37)13-12-35(3)4/h6-11,18-21H,12-17,32H2,1-5H3,(H,33,34)/b23-20+. The highest BCUT2D eigenvalue weighted by Crippen LogP contribution is 2.28. The number of para-hydroxylation sites is 1. The SMILES string of the molecule is COc1ccccc1/C(C)=C/Nc1ncc(-c2ccc(N)c(C(=O)N3CCN(CCN(C)C)CC3)c2)cc1C. The van der Waals surface area contributed by atoms with Gasteiger partial charge in [-0.25, -0.2) is 4.98 Å². The van der Waals surface area contributed by atoms with E-state index in [1.54, 1.807) is 7.11 Å². The number of hydrogen-bond acceptors (Lipinski definition) is 7. The molecule has 3 N–H and O–H groups in total. The summed E-state index contributed by atoms with van der Waals surface area (Å²) in [4.78, 5) is 24.6. The first kappa shape index (κ1) is 28.1. The molecule has 0 spiro atoms. The highest BCUT2D eigenvalue weighted by Gasteiger charge is 2.24. The average molecular weight is 529 g/mol. The van der Waals surface area contributed by atoms with Gasteiger partial charge in [-0.2, -0.15) is 0 Å². The normalized spacial score (nSPS) is 14.5. The first-order chi connectivity index (χ1) is 18.8. The van der Waals surface area contributed by atoms with E-state index in [9.17, 15) is 4.79 Å². The molecule has 0 radical (unpaired) electrons. The Morgan fingerprint density at radius 3 is 2.51 bits per heavy atom. The maximum atomic E-state index is 13.4. The Bertz CT molecular complexity index is 1330. The summed E-state index contributed by atoms with van der Waals surface area (Å²) < 4.78 is 5.48. The summed E-state index contributed by atoms with van der Waals surface area (Å²) in [6, 6.07) is 15.7.